The Morgan fingerprint density at radius 2 is 0.818 bits per heavy atom. The van der Waals surface area contributed by atoms with E-state index in [1.54, 1.807) is 6.08 Å². The summed E-state index contributed by atoms with van der Waals surface area (Å²) >= 11 is 0. The number of amides is 1. The number of carbonyl (C=O) groups is 1. The molecule has 1 aliphatic rings. The molecule has 77 heavy (non-hydrogen) atoms. The fourth-order valence-corrected chi connectivity index (χ4v) is 9.91. The lowest BCUT2D eigenvalue weighted by Gasteiger charge is -2.40. The Hall–Kier alpha value is -2.63. The third-order valence-corrected chi connectivity index (χ3v) is 15.0. The van der Waals surface area contributed by atoms with E-state index >= 15 is 0 Å². The van der Waals surface area contributed by atoms with E-state index in [1.165, 1.54) is 193 Å². The highest BCUT2D eigenvalue weighted by molar-refractivity contribution is 5.76. The Bertz CT molecular complexity index is 1490. The van der Waals surface area contributed by atoms with Crippen molar-refractivity contribution in [1.82, 2.24) is 5.32 Å². The second-order valence-electron chi connectivity index (χ2n) is 22.2. The fraction of sp³-hybridized carbons (Fsp3) is 0.779. The molecule has 7 unspecified atom stereocenters. The molecule has 0 aromatic heterocycles. The van der Waals surface area contributed by atoms with Crippen molar-refractivity contribution in [3.05, 3.63) is 85.1 Å². The van der Waals surface area contributed by atoms with Crippen LogP contribution >= 0.6 is 0 Å². The predicted molar refractivity (Wildman–Crippen MR) is 327 cm³/mol. The SMILES string of the molecule is CC/C=C\C/C=C\C/C=C\C/C=C\C/C=C\CCCCCCCCCCCCCCCCCCCCCCCC(=O)NC(COC1OC(CO)C(O)C(O)C1O)C(O)/C=C/CC/C=C/CCCCCCCCCCCCC. The second kappa shape index (κ2) is 56.6. The molecule has 0 aliphatic carbocycles. The molecule has 1 rings (SSSR count). The smallest absolute Gasteiger partial charge is 0.220 e. The molecule has 1 heterocycles. The largest absolute Gasteiger partial charge is 0.394 e. The first-order chi connectivity index (χ1) is 37.8. The number of rotatable bonds is 55. The van der Waals surface area contributed by atoms with Crippen LogP contribution in [0.3, 0.4) is 0 Å². The van der Waals surface area contributed by atoms with Crippen LogP contribution in [0.2, 0.25) is 0 Å². The summed E-state index contributed by atoms with van der Waals surface area (Å²) in [5.41, 5.74) is 0. The second-order valence-corrected chi connectivity index (χ2v) is 22.2. The normalized spacial score (nSPS) is 19.3. The monoisotopic (exact) mass is 1080 g/mol. The van der Waals surface area contributed by atoms with E-state index in [2.05, 4.69) is 92.1 Å². The van der Waals surface area contributed by atoms with E-state index < -0.39 is 49.5 Å². The summed E-state index contributed by atoms with van der Waals surface area (Å²) in [5, 5.41) is 54.6. The van der Waals surface area contributed by atoms with Crippen molar-refractivity contribution in [3.63, 3.8) is 0 Å². The van der Waals surface area contributed by atoms with Crippen LogP contribution in [0.1, 0.15) is 284 Å². The maximum atomic E-state index is 13.1. The molecule has 7 atom stereocenters. The lowest BCUT2D eigenvalue weighted by Crippen LogP contribution is -2.60. The number of hydrogen-bond donors (Lipinski definition) is 6. The van der Waals surface area contributed by atoms with Crippen molar-refractivity contribution < 1.29 is 39.8 Å². The van der Waals surface area contributed by atoms with Gasteiger partial charge in [0.05, 0.1) is 25.4 Å². The molecule has 1 fully saturated rings. The highest BCUT2D eigenvalue weighted by Crippen LogP contribution is 2.23. The minimum absolute atomic E-state index is 0.184. The van der Waals surface area contributed by atoms with Crippen molar-refractivity contribution >= 4 is 5.91 Å². The van der Waals surface area contributed by atoms with Gasteiger partial charge in [-0.05, 0) is 77.0 Å². The van der Waals surface area contributed by atoms with Gasteiger partial charge in [0.25, 0.3) is 0 Å². The van der Waals surface area contributed by atoms with Gasteiger partial charge < -0.3 is 40.3 Å². The van der Waals surface area contributed by atoms with Crippen molar-refractivity contribution in [1.29, 1.82) is 0 Å². The zero-order chi connectivity index (χ0) is 55.8. The summed E-state index contributed by atoms with van der Waals surface area (Å²) in [5.74, 6) is -0.184. The molecule has 0 aromatic carbocycles. The highest BCUT2D eigenvalue weighted by atomic mass is 16.7. The standard InChI is InChI=1S/C68H121NO8/c1-3-5-7-9-11-13-15-17-19-21-22-23-24-25-26-27-28-29-30-31-32-33-34-35-36-37-38-39-40-42-44-46-48-50-52-54-56-58-64(72)69-61(60-76-68-67(75)66(74)65(73)63(59-70)77-68)62(71)57-55-53-51-49-47-45-43-41-20-18-16-14-12-10-8-6-4-2/h5,7,11,13,17,19,22-23,25-26,47,49,55,57,61-63,65-68,70-71,73-75H,3-4,6,8-10,12,14-16,18,20-21,24,27-46,48,50-54,56,58-60H2,1-2H3,(H,69,72)/b7-5-,13-11-,19-17-,23-22-,26-25-,49-47+,57-55+. The summed E-state index contributed by atoms with van der Waals surface area (Å²) in [6.07, 6.45) is 73.9. The van der Waals surface area contributed by atoms with E-state index in [0.29, 0.717) is 6.42 Å². The predicted octanol–water partition coefficient (Wildman–Crippen LogP) is 17.0. The molecule has 1 aliphatic heterocycles. The molecule has 1 amide bonds. The van der Waals surface area contributed by atoms with Gasteiger partial charge in [-0.25, -0.2) is 0 Å². The molecular weight excluding hydrogens is 959 g/mol. The van der Waals surface area contributed by atoms with E-state index in [1.807, 2.05) is 6.08 Å². The molecule has 0 aromatic rings. The van der Waals surface area contributed by atoms with Crippen LogP contribution in [0, 0.1) is 0 Å². The minimum Gasteiger partial charge on any atom is -0.394 e. The highest BCUT2D eigenvalue weighted by Gasteiger charge is 2.44. The van der Waals surface area contributed by atoms with Crippen molar-refractivity contribution in [2.24, 2.45) is 0 Å². The first kappa shape index (κ1) is 72.4. The summed E-state index contributed by atoms with van der Waals surface area (Å²) in [7, 11) is 0. The maximum absolute atomic E-state index is 13.1. The molecule has 446 valence electrons. The van der Waals surface area contributed by atoms with Crippen LogP contribution < -0.4 is 5.32 Å². The van der Waals surface area contributed by atoms with Gasteiger partial charge in [-0.15, -0.1) is 0 Å². The van der Waals surface area contributed by atoms with Crippen molar-refractivity contribution in [3.8, 4) is 0 Å². The van der Waals surface area contributed by atoms with Crippen molar-refractivity contribution in [2.45, 2.75) is 326 Å². The third kappa shape index (κ3) is 45.8. The number of allylic oxidation sites excluding steroid dienone is 13. The molecule has 9 heteroatoms. The first-order valence-corrected chi connectivity index (χ1v) is 32.3. The quantitative estimate of drug-likeness (QED) is 0.0261. The number of nitrogens with one attached hydrogen (secondary N) is 1. The van der Waals surface area contributed by atoms with Gasteiger partial charge in [0.15, 0.2) is 6.29 Å². The third-order valence-electron chi connectivity index (χ3n) is 15.0. The van der Waals surface area contributed by atoms with Crippen LogP contribution in [0.25, 0.3) is 0 Å². The molecular formula is C68H121NO8. The lowest BCUT2D eigenvalue weighted by atomic mass is 9.99. The first-order valence-electron chi connectivity index (χ1n) is 32.3. The van der Waals surface area contributed by atoms with Gasteiger partial charge in [-0.1, -0.05) is 285 Å². The summed E-state index contributed by atoms with van der Waals surface area (Å²) in [4.78, 5) is 13.1. The number of aliphatic hydroxyl groups excluding tert-OH is 5. The molecule has 0 saturated carbocycles. The van der Waals surface area contributed by atoms with E-state index in [-0.39, 0.29) is 12.5 Å². The summed E-state index contributed by atoms with van der Waals surface area (Å²) in [6, 6.07) is -0.824. The Morgan fingerprint density at radius 3 is 1.25 bits per heavy atom. The average molecular weight is 1080 g/mol. The van der Waals surface area contributed by atoms with Gasteiger partial charge in [0.2, 0.25) is 5.91 Å². The molecule has 0 radical (unpaired) electrons. The van der Waals surface area contributed by atoms with Crippen LogP contribution in [0.4, 0.5) is 0 Å². The Labute approximate surface area is 473 Å². The van der Waals surface area contributed by atoms with Gasteiger partial charge in [0.1, 0.15) is 24.4 Å². The zero-order valence-corrected chi connectivity index (χ0v) is 49.7. The number of unbranched alkanes of at least 4 members (excludes halogenated alkanes) is 33. The van der Waals surface area contributed by atoms with Gasteiger partial charge >= 0.3 is 0 Å². The molecule has 0 bridgehead atoms. The average Bonchev–Trinajstić information content (AvgIpc) is 3.43. The number of aliphatic hydroxyl groups is 5. The van der Waals surface area contributed by atoms with E-state index in [9.17, 15) is 30.3 Å². The molecule has 6 N–H and O–H groups in total. The van der Waals surface area contributed by atoms with Crippen LogP contribution in [0.5, 0.6) is 0 Å². The Morgan fingerprint density at radius 1 is 0.455 bits per heavy atom. The number of carbonyl (C=O) groups excluding carboxylic acids is 1. The minimum atomic E-state index is -1.57. The van der Waals surface area contributed by atoms with Crippen LogP contribution in [0.15, 0.2) is 85.1 Å². The molecule has 0 spiro atoms. The molecule has 1 saturated heterocycles. The van der Waals surface area contributed by atoms with Crippen LogP contribution in [-0.2, 0) is 14.3 Å². The van der Waals surface area contributed by atoms with Crippen LogP contribution in [-0.4, -0.2) is 87.5 Å². The Kier molecular flexibility index (Phi) is 53.2. The maximum Gasteiger partial charge on any atom is 0.220 e. The van der Waals surface area contributed by atoms with Gasteiger partial charge in [-0.2, -0.15) is 0 Å². The van der Waals surface area contributed by atoms with E-state index in [0.717, 1.165) is 70.6 Å². The topological polar surface area (TPSA) is 149 Å². The fourth-order valence-electron chi connectivity index (χ4n) is 9.91. The number of hydrogen-bond acceptors (Lipinski definition) is 8. The molecule has 9 nitrogen and oxygen atoms in total. The summed E-state index contributed by atoms with van der Waals surface area (Å²) in [6.45, 7) is 3.67. The summed E-state index contributed by atoms with van der Waals surface area (Å²) < 4.78 is 11.3. The van der Waals surface area contributed by atoms with E-state index in [4.69, 9.17) is 9.47 Å². The van der Waals surface area contributed by atoms with Gasteiger partial charge in [0, 0.05) is 6.42 Å². The Balaban J connectivity index is 2.10. The van der Waals surface area contributed by atoms with Crippen molar-refractivity contribution in [2.75, 3.05) is 13.2 Å². The number of ether oxygens (including phenoxy) is 2. The zero-order valence-electron chi connectivity index (χ0n) is 49.7. The van der Waals surface area contributed by atoms with Gasteiger partial charge in [-0.3, -0.25) is 4.79 Å². The lowest BCUT2D eigenvalue weighted by molar-refractivity contribution is -0.302.